The van der Waals surface area contributed by atoms with Gasteiger partial charge in [0.1, 0.15) is 0 Å². The van der Waals surface area contributed by atoms with Crippen molar-refractivity contribution in [2.75, 3.05) is 26.8 Å². The van der Waals surface area contributed by atoms with Crippen LogP contribution in [-0.2, 0) is 9.59 Å². The Morgan fingerprint density at radius 1 is 1.22 bits per heavy atom. The lowest BCUT2D eigenvalue weighted by Crippen LogP contribution is -2.48. The number of carbonyl (C=O) groups is 3. The lowest BCUT2D eigenvalue weighted by atomic mass is 9.96. The molecule has 0 atom stereocenters. The number of hydrogen-bond donors (Lipinski definition) is 2. The summed E-state index contributed by atoms with van der Waals surface area (Å²) in [5, 5.41) is 0. The molecule has 0 saturated carbocycles. The van der Waals surface area contributed by atoms with Crippen molar-refractivity contribution in [1.29, 1.82) is 0 Å². The standard InChI is InChI=1S/C18H24BrN3O5/c1-4-27-16-14(19)9-13(10-15(16)26-3)18(25)21-20-17(24)12-5-7-22(8-6-12)11(2)23/h9-10,12H,4-8H2,1-3H3,(H,20,24)(H,21,25). The molecule has 1 aromatic rings. The Labute approximate surface area is 166 Å². The fourth-order valence-electron chi connectivity index (χ4n) is 2.88. The quantitative estimate of drug-likeness (QED) is 0.679. The van der Waals surface area contributed by atoms with Crippen molar-refractivity contribution >= 4 is 33.7 Å². The van der Waals surface area contributed by atoms with Gasteiger partial charge in [0.05, 0.1) is 18.2 Å². The monoisotopic (exact) mass is 441 g/mol. The summed E-state index contributed by atoms with van der Waals surface area (Å²) >= 11 is 3.36. The maximum atomic E-state index is 12.4. The van der Waals surface area contributed by atoms with Crippen LogP contribution in [0.1, 0.15) is 37.0 Å². The van der Waals surface area contributed by atoms with Crippen molar-refractivity contribution in [3.63, 3.8) is 0 Å². The van der Waals surface area contributed by atoms with E-state index in [-0.39, 0.29) is 17.7 Å². The van der Waals surface area contributed by atoms with Crippen LogP contribution < -0.4 is 20.3 Å². The van der Waals surface area contributed by atoms with Crippen LogP contribution in [-0.4, -0.2) is 49.4 Å². The molecular weight excluding hydrogens is 418 g/mol. The molecule has 0 bridgehead atoms. The van der Waals surface area contributed by atoms with Gasteiger partial charge in [-0.25, -0.2) is 0 Å². The number of likely N-dealkylation sites (tertiary alicyclic amines) is 1. The zero-order valence-corrected chi connectivity index (χ0v) is 17.2. The van der Waals surface area contributed by atoms with E-state index in [0.717, 1.165) is 0 Å². The van der Waals surface area contributed by atoms with E-state index in [1.807, 2.05) is 6.92 Å². The van der Waals surface area contributed by atoms with E-state index in [1.54, 1.807) is 17.0 Å². The van der Waals surface area contributed by atoms with Gasteiger partial charge in [-0.1, -0.05) is 0 Å². The van der Waals surface area contributed by atoms with Gasteiger partial charge >= 0.3 is 0 Å². The van der Waals surface area contributed by atoms with Gasteiger partial charge in [-0.2, -0.15) is 0 Å². The van der Waals surface area contributed by atoms with Gasteiger partial charge in [-0.05, 0) is 47.8 Å². The molecule has 148 valence electrons. The molecular formula is C18H24BrN3O5. The molecule has 2 rings (SSSR count). The maximum Gasteiger partial charge on any atom is 0.269 e. The van der Waals surface area contributed by atoms with Gasteiger partial charge in [0.2, 0.25) is 11.8 Å². The zero-order chi connectivity index (χ0) is 20.0. The van der Waals surface area contributed by atoms with E-state index in [0.29, 0.717) is 54.1 Å². The first-order chi connectivity index (χ1) is 12.9. The smallest absolute Gasteiger partial charge is 0.269 e. The third-order valence-corrected chi connectivity index (χ3v) is 4.98. The van der Waals surface area contributed by atoms with Crippen molar-refractivity contribution in [2.45, 2.75) is 26.7 Å². The average molecular weight is 442 g/mol. The van der Waals surface area contributed by atoms with Crippen LogP contribution in [0.15, 0.2) is 16.6 Å². The predicted octanol–water partition coefficient (Wildman–Crippen LogP) is 1.88. The zero-order valence-electron chi connectivity index (χ0n) is 15.6. The number of halogens is 1. The van der Waals surface area contributed by atoms with E-state index in [4.69, 9.17) is 9.47 Å². The summed E-state index contributed by atoms with van der Waals surface area (Å²) in [7, 11) is 1.49. The average Bonchev–Trinajstić information content (AvgIpc) is 2.67. The molecule has 1 aromatic carbocycles. The summed E-state index contributed by atoms with van der Waals surface area (Å²) in [5.41, 5.74) is 5.20. The Kier molecular flexibility index (Phi) is 7.46. The van der Waals surface area contributed by atoms with Crippen LogP contribution in [0.25, 0.3) is 0 Å². The van der Waals surface area contributed by atoms with Crippen LogP contribution in [0.3, 0.4) is 0 Å². The summed E-state index contributed by atoms with van der Waals surface area (Å²) in [4.78, 5) is 37.7. The van der Waals surface area contributed by atoms with Crippen molar-refractivity contribution in [3.05, 3.63) is 22.2 Å². The Hall–Kier alpha value is -2.29. The lowest BCUT2D eigenvalue weighted by Gasteiger charge is -2.30. The minimum Gasteiger partial charge on any atom is -0.493 e. The summed E-state index contributed by atoms with van der Waals surface area (Å²) in [6.45, 7) is 4.92. The molecule has 0 aliphatic carbocycles. The second kappa shape index (κ2) is 9.59. The molecule has 0 unspecified atom stereocenters. The van der Waals surface area contributed by atoms with E-state index in [1.165, 1.54) is 14.0 Å². The number of nitrogens with one attached hydrogen (secondary N) is 2. The number of hydrazine groups is 1. The molecule has 9 heteroatoms. The molecule has 1 aliphatic rings. The molecule has 8 nitrogen and oxygen atoms in total. The Balaban J connectivity index is 1.95. The molecule has 0 aromatic heterocycles. The number of carbonyl (C=O) groups excluding carboxylic acids is 3. The van der Waals surface area contributed by atoms with Crippen molar-refractivity contribution < 1.29 is 23.9 Å². The molecule has 3 amide bonds. The number of hydrogen-bond acceptors (Lipinski definition) is 5. The minimum atomic E-state index is -0.466. The van der Waals surface area contributed by atoms with E-state index < -0.39 is 5.91 Å². The largest absolute Gasteiger partial charge is 0.493 e. The molecule has 27 heavy (non-hydrogen) atoms. The van der Waals surface area contributed by atoms with Gasteiger partial charge in [0.15, 0.2) is 11.5 Å². The van der Waals surface area contributed by atoms with Crippen molar-refractivity contribution in [2.24, 2.45) is 5.92 Å². The van der Waals surface area contributed by atoms with Crippen LogP contribution in [0, 0.1) is 5.92 Å². The van der Waals surface area contributed by atoms with Crippen molar-refractivity contribution in [3.8, 4) is 11.5 Å². The first-order valence-corrected chi connectivity index (χ1v) is 9.52. The molecule has 0 spiro atoms. The fourth-order valence-corrected chi connectivity index (χ4v) is 3.44. The number of methoxy groups -OCH3 is 1. The van der Waals surface area contributed by atoms with Crippen molar-refractivity contribution in [1.82, 2.24) is 15.8 Å². The Morgan fingerprint density at radius 2 is 1.89 bits per heavy atom. The summed E-state index contributed by atoms with van der Waals surface area (Å²) in [6.07, 6.45) is 1.15. The van der Waals surface area contributed by atoms with E-state index in [2.05, 4.69) is 26.8 Å². The first kappa shape index (κ1) is 21.0. The summed E-state index contributed by atoms with van der Waals surface area (Å²) in [5.74, 6) is -0.0214. The molecule has 0 radical (unpaired) electrons. The molecule has 1 fully saturated rings. The summed E-state index contributed by atoms with van der Waals surface area (Å²) in [6, 6.07) is 3.14. The van der Waals surface area contributed by atoms with Crippen LogP contribution in [0.4, 0.5) is 0 Å². The third kappa shape index (κ3) is 5.35. The fraction of sp³-hybridized carbons (Fsp3) is 0.500. The number of piperidine rings is 1. The maximum absolute atomic E-state index is 12.4. The third-order valence-electron chi connectivity index (χ3n) is 4.39. The van der Waals surface area contributed by atoms with Crippen LogP contribution in [0.5, 0.6) is 11.5 Å². The highest BCUT2D eigenvalue weighted by molar-refractivity contribution is 9.10. The van der Waals surface area contributed by atoms with Gasteiger partial charge in [0, 0.05) is 31.5 Å². The molecule has 1 aliphatic heterocycles. The second-order valence-electron chi connectivity index (χ2n) is 6.15. The lowest BCUT2D eigenvalue weighted by molar-refractivity contribution is -0.134. The highest BCUT2D eigenvalue weighted by atomic mass is 79.9. The van der Waals surface area contributed by atoms with E-state index in [9.17, 15) is 14.4 Å². The predicted molar refractivity (Wildman–Crippen MR) is 102 cm³/mol. The van der Waals surface area contributed by atoms with E-state index >= 15 is 0 Å². The second-order valence-corrected chi connectivity index (χ2v) is 7.00. The first-order valence-electron chi connectivity index (χ1n) is 8.73. The number of amides is 3. The molecule has 1 saturated heterocycles. The number of nitrogens with zero attached hydrogens (tertiary/aromatic N) is 1. The topological polar surface area (TPSA) is 97.0 Å². The highest BCUT2D eigenvalue weighted by Gasteiger charge is 2.26. The van der Waals surface area contributed by atoms with Crippen LogP contribution in [0.2, 0.25) is 0 Å². The number of rotatable bonds is 5. The normalized spacial score (nSPS) is 14.4. The van der Waals surface area contributed by atoms with Gasteiger partial charge in [0.25, 0.3) is 5.91 Å². The van der Waals surface area contributed by atoms with Crippen LogP contribution >= 0.6 is 15.9 Å². The Bertz CT molecular complexity index is 717. The Morgan fingerprint density at radius 3 is 2.44 bits per heavy atom. The molecule has 2 N–H and O–H groups in total. The minimum absolute atomic E-state index is 0.0113. The van der Waals surface area contributed by atoms with Gasteiger partial charge < -0.3 is 14.4 Å². The van der Waals surface area contributed by atoms with Gasteiger partial charge in [-0.15, -0.1) is 0 Å². The SMILES string of the molecule is CCOc1c(Br)cc(C(=O)NNC(=O)C2CCN(C(C)=O)CC2)cc1OC. The van der Waals surface area contributed by atoms with Gasteiger partial charge in [-0.3, -0.25) is 25.2 Å². The molecule has 1 heterocycles. The summed E-state index contributed by atoms with van der Waals surface area (Å²) < 4.78 is 11.3. The highest BCUT2D eigenvalue weighted by Crippen LogP contribution is 2.36. The number of benzene rings is 1. The number of ether oxygens (including phenoxy) is 2.